The first-order valence-corrected chi connectivity index (χ1v) is 11.4. The minimum absolute atomic E-state index is 0.0388. The Labute approximate surface area is 207 Å². The van der Waals surface area contributed by atoms with Gasteiger partial charge in [0.25, 0.3) is 5.91 Å². The van der Waals surface area contributed by atoms with Gasteiger partial charge in [0, 0.05) is 11.9 Å². The lowest BCUT2D eigenvalue weighted by molar-refractivity contribution is -0.137. The van der Waals surface area contributed by atoms with Gasteiger partial charge < -0.3 is 22.2 Å². The molecule has 10 heteroatoms. The highest BCUT2D eigenvalue weighted by Crippen LogP contribution is 2.32. The first-order valence-electron chi connectivity index (χ1n) is 11.4. The van der Waals surface area contributed by atoms with E-state index in [1.54, 1.807) is 12.1 Å². The molecule has 1 unspecified atom stereocenters. The summed E-state index contributed by atoms with van der Waals surface area (Å²) in [6.45, 7) is 4.25. The van der Waals surface area contributed by atoms with Gasteiger partial charge in [0.1, 0.15) is 5.84 Å². The molecule has 0 saturated carbocycles. The number of hydrogen-bond acceptors (Lipinski definition) is 5. The number of carbonyl (C=O) groups excluding carboxylic acids is 1. The molecule has 2 aromatic carbocycles. The van der Waals surface area contributed by atoms with Crippen LogP contribution >= 0.6 is 0 Å². The molecule has 3 rings (SSSR count). The number of pyridine rings is 1. The summed E-state index contributed by atoms with van der Waals surface area (Å²) in [6.07, 6.45) is -2.06. The first kappa shape index (κ1) is 26.5. The minimum Gasteiger partial charge on any atom is -0.384 e. The smallest absolute Gasteiger partial charge is 0.384 e. The number of aromatic nitrogens is 1. The third kappa shape index (κ3) is 7.21. The molecule has 0 fully saturated rings. The Bertz CT molecular complexity index is 1170. The lowest BCUT2D eigenvalue weighted by Crippen LogP contribution is -2.34. The lowest BCUT2D eigenvalue weighted by atomic mass is 9.99. The maximum atomic E-state index is 12.8. The number of carbonyl (C=O) groups is 1. The van der Waals surface area contributed by atoms with Crippen LogP contribution < -0.4 is 22.2 Å². The Balaban J connectivity index is 1.71. The van der Waals surface area contributed by atoms with Crippen LogP contribution in [0.2, 0.25) is 0 Å². The van der Waals surface area contributed by atoms with Gasteiger partial charge in [0.05, 0.1) is 29.4 Å². The maximum Gasteiger partial charge on any atom is 0.416 e. The number of rotatable bonds is 9. The Hall–Kier alpha value is -4.08. The second-order valence-corrected chi connectivity index (χ2v) is 8.75. The zero-order valence-electron chi connectivity index (χ0n) is 20.0. The number of halogens is 3. The van der Waals surface area contributed by atoms with Crippen LogP contribution in [0.25, 0.3) is 11.1 Å². The number of amides is 1. The highest BCUT2D eigenvalue weighted by Gasteiger charge is 2.30. The van der Waals surface area contributed by atoms with Crippen molar-refractivity contribution in [2.45, 2.75) is 32.5 Å². The molecular weight excluding hydrogens is 469 g/mol. The largest absolute Gasteiger partial charge is 0.416 e. The number of hydrazone groups is 1. The molecular formula is C26H29F3N6O. The third-order valence-corrected chi connectivity index (χ3v) is 5.48. The van der Waals surface area contributed by atoms with Gasteiger partial charge in [0.2, 0.25) is 0 Å². The van der Waals surface area contributed by atoms with E-state index in [9.17, 15) is 18.0 Å². The summed E-state index contributed by atoms with van der Waals surface area (Å²) < 4.78 is 38.5. The third-order valence-electron chi connectivity index (χ3n) is 5.48. The molecule has 0 radical (unpaired) electrons. The molecule has 0 saturated heterocycles. The standard InChI is InChI=1S/C26H29F3N6O/c1-16(2)13-23(22-12-7-19(14-32-22)25(36)33-15-24(30)35-31)34-21-10-5-18(6-11-21)17-3-8-20(9-4-17)26(27,28)29/h3-12,14,16,23,34H,13,15,31H2,1-2H3,(H2,30,35)(H,33,36). The predicted molar refractivity (Wildman–Crippen MR) is 135 cm³/mol. The lowest BCUT2D eigenvalue weighted by Gasteiger charge is -2.22. The van der Waals surface area contributed by atoms with Crippen molar-refractivity contribution in [2.24, 2.45) is 22.6 Å². The normalized spacial score (nSPS) is 12.9. The van der Waals surface area contributed by atoms with Crippen LogP contribution in [0.5, 0.6) is 0 Å². The molecule has 1 aromatic heterocycles. The first-order chi connectivity index (χ1) is 17.1. The van der Waals surface area contributed by atoms with E-state index in [4.69, 9.17) is 11.6 Å². The van der Waals surface area contributed by atoms with E-state index in [0.29, 0.717) is 17.0 Å². The Morgan fingerprint density at radius 1 is 1.00 bits per heavy atom. The van der Waals surface area contributed by atoms with E-state index < -0.39 is 11.7 Å². The van der Waals surface area contributed by atoms with Crippen LogP contribution in [0.15, 0.2) is 72.0 Å². The molecule has 190 valence electrons. The van der Waals surface area contributed by atoms with Crippen LogP contribution in [0.1, 0.15) is 47.9 Å². The van der Waals surface area contributed by atoms with Gasteiger partial charge in [-0.25, -0.2) is 0 Å². The SMILES string of the molecule is CC(C)CC(Nc1ccc(-c2ccc(C(F)(F)F)cc2)cc1)c1ccc(C(=O)NC/C(N)=N/N)cn1. The number of nitrogens with two attached hydrogens (primary N) is 2. The van der Waals surface area contributed by atoms with Crippen molar-refractivity contribution in [2.75, 3.05) is 11.9 Å². The molecule has 36 heavy (non-hydrogen) atoms. The van der Waals surface area contributed by atoms with Crippen LogP contribution in [0.3, 0.4) is 0 Å². The van der Waals surface area contributed by atoms with Crippen LogP contribution in [-0.2, 0) is 6.18 Å². The zero-order chi connectivity index (χ0) is 26.3. The molecule has 6 N–H and O–H groups in total. The Morgan fingerprint density at radius 3 is 2.11 bits per heavy atom. The molecule has 0 bridgehead atoms. The van der Waals surface area contributed by atoms with Gasteiger partial charge in [-0.3, -0.25) is 9.78 Å². The molecule has 1 amide bonds. The molecule has 0 spiro atoms. The van der Waals surface area contributed by atoms with E-state index in [1.807, 2.05) is 24.3 Å². The molecule has 1 atom stereocenters. The number of benzene rings is 2. The maximum absolute atomic E-state index is 12.8. The second-order valence-electron chi connectivity index (χ2n) is 8.75. The van der Waals surface area contributed by atoms with Gasteiger partial charge in [-0.05, 0) is 59.9 Å². The molecule has 0 aliphatic heterocycles. The molecule has 3 aromatic rings. The summed E-state index contributed by atoms with van der Waals surface area (Å²) in [4.78, 5) is 16.7. The Morgan fingerprint density at radius 2 is 1.61 bits per heavy atom. The van der Waals surface area contributed by atoms with Crippen molar-refractivity contribution < 1.29 is 18.0 Å². The van der Waals surface area contributed by atoms with Crippen molar-refractivity contribution in [3.05, 3.63) is 83.7 Å². The monoisotopic (exact) mass is 498 g/mol. The number of hydrogen-bond donors (Lipinski definition) is 4. The van der Waals surface area contributed by atoms with Gasteiger partial charge in [-0.2, -0.15) is 18.3 Å². The summed E-state index contributed by atoms with van der Waals surface area (Å²) in [6, 6.07) is 15.9. The van der Waals surface area contributed by atoms with Gasteiger partial charge in [0.15, 0.2) is 0 Å². The van der Waals surface area contributed by atoms with E-state index in [-0.39, 0.29) is 24.3 Å². The Kier molecular flexibility index (Phi) is 8.52. The van der Waals surface area contributed by atoms with E-state index >= 15 is 0 Å². The van der Waals surface area contributed by atoms with Crippen molar-refractivity contribution in [3.8, 4) is 11.1 Å². The van der Waals surface area contributed by atoms with Gasteiger partial charge in [-0.15, -0.1) is 0 Å². The van der Waals surface area contributed by atoms with Crippen molar-refractivity contribution in [1.82, 2.24) is 10.3 Å². The summed E-state index contributed by atoms with van der Waals surface area (Å²) in [5.74, 6) is 5.21. The molecule has 1 heterocycles. The summed E-state index contributed by atoms with van der Waals surface area (Å²) in [7, 11) is 0. The molecule has 0 aliphatic carbocycles. The summed E-state index contributed by atoms with van der Waals surface area (Å²) in [5, 5.41) is 9.39. The number of nitrogens with zero attached hydrogens (tertiary/aromatic N) is 2. The van der Waals surface area contributed by atoms with E-state index in [2.05, 4.69) is 34.6 Å². The second kappa shape index (κ2) is 11.6. The highest BCUT2D eigenvalue weighted by molar-refractivity contribution is 5.96. The average Bonchev–Trinajstić information content (AvgIpc) is 2.86. The van der Waals surface area contributed by atoms with Crippen molar-refractivity contribution in [1.29, 1.82) is 0 Å². The molecule has 0 aliphatic rings. The number of amidine groups is 1. The van der Waals surface area contributed by atoms with Gasteiger partial charge in [-0.1, -0.05) is 38.1 Å². The minimum atomic E-state index is -4.36. The number of anilines is 1. The van der Waals surface area contributed by atoms with Crippen molar-refractivity contribution >= 4 is 17.4 Å². The number of nitrogens with one attached hydrogen (secondary N) is 2. The predicted octanol–water partition coefficient (Wildman–Crippen LogP) is 4.93. The van der Waals surface area contributed by atoms with E-state index in [1.165, 1.54) is 18.3 Å². The van der Waals surface area contributed by atoms with Crippen LogP contribution in [-0.4, -0.2) is 23.3 Å². The van der Waals surface area contributed by atoms with Crippen molar-refractivity contribution in [3.63, 3.8) is 0 Å². The fourth-order valence-electron chi connectivity index (χ4n) is 3.60. The van der Waals surface area contributed by atoms with Crippen LogP contribution in [0.4, 0.5) is 18.9 Å². The van der Waals surface area contributed by atoms with E-state index in [0.717, 1.165) is 35.5 Å². The quantitative estimate of drug-likeness (QED) is 0.144. The summed E-state index contributed by atoms with van der Waals surface area (Å²) >= 11 is 0. The molecule has 7 nitrogen and oxygen atoms in total. The number of alkyl halides is 3. The summed E-state index contributed by atoms with van der Waals surface area (Å²) in [5.41, 5.74) is 8.32. The zero-order valence-corrected chi connectivity index (χ0v) is 20.0. The fraction of sp³-hybridized carbons (Fsp3) is 0.269. The topological polar surface area (TPSA) is 118 Å². The average molecular weight is 499 g/mol. The highest BCUT2D eigenvalue weighted by atomic mass is 19.4. The van der Waals surface area contributed by atoms with Crippen LogP contribution in [0, 0.1) is 5.92 Å². The fourth-order valence-corrected chi connectivity index (χ4v) is 3.60. The van der Waals surface area contributed by atoms with Gasteiger partial charge >= 0.3 is 6.18 Å².